The van der Waals surface area contributed by atoms with Crippen molar-refractivity contribution < 1.29 is 21.1 Å². The summed E-state index contributed by atoms with van der Waals surface area (Å²) >= 11 is 0. The van der Waals surface area contributed by atoms with Crippen molar-refractivity contribution in [3.63, 3.8) is 0 Å². The molecule has 0 spiro atoms. The standard InChI is InChI=1S/2C5H5.Mo/c2*1-2-4-5-3-1;/h2*1-3H,4H2;/q2*-1;+2. The Morgan fingerprint density at radius 3 is 1.36 bits per heavy atom. The largest absolute Gasteiger partial charge is 2.00 e. The molecule has 0 aromatic rings. The molecule has 0 aromatic carbocycles. The predicted molar refractivity (Wildman–Crippen MR) is 43.1 cm³/mol. The summed E-state index contributed by atoms with van der Waals surface area (Å²) in [6.45, 7) is 0. The van der Waals surface area contributed by atoms with Gasteiger partial charge >= 0.3 is 21.1 Å². The number of rotatable bonds is 0. The van der Waals surface area contributed by atoms with Crippen LogP contribution in [-0.2, 0) is 21.1 Å². The molecule has 0 nitrogen and oxygen atoms in total. The Hall–Kier alpha value is -0.352. The van der Waals surface area contributed by atoms with Gasteiger partial charge in [-0.3, -0.25) is 12.2 Å². The van der Waals surface area contributed by atoms with Crippen LogP contribution in [0.2, 0.25) is 0 Å². The van der Waals surface area contributed by atoms with Gasteiger partial charge in [0.1, 0.15) is 0 Å². The van der Waals surface area contributed by atoms with Gasteiger partial charge in [0.05, 0.1) is 0 Å². The van der Waals surface area contributed by atoms with Gasteiger partial charge in [-0.2, -0.15) is 12.2 Å². The van der Waals surface area contributed by atoms with Crippen LogP contribution < -0.4 is 0 Å². The Kier molecular flexibility index (Phi) is 7.50. The van der Waals surface area contributed by atoms with Gasteiger partial charge in [0.2, 0.25) is 0 Å². The molecule has 0 aromatic heterocycles. The van der Waals surface area contributed by atoms with Gasteiger partial charge in [0, 0.05) is 0 Å². The summed E-state index contributed by atoms with van der Waals surface area (Å²) in [4.78, 5) is 0. The predicted octanol–water partition coefficient (Wildman–Crippen LogP) is 2.61. The molecular formula is C10H10Mo. The van der Waals surface area contributed by atoms with E-state index in [1.54, 1.807) is 0 Å². The topological polar surface area (TPSA) is 0 Å². The van der Waals surface area contributed by atoms with Crippen molar-refractivity contribution >= 4 is 0 Å². The molecule has 1 heteroatoms. The van der Waals surface area contributed by atoms with E-state index in [2.05, 4.69) is 24.3 Å². The van der Waals surface area contributed by atoms with E-state index in [0.29, 0.717) is 0 Å². The summed E-state index contributed by atoms with van der Waals surface area (Å²) in [5.41, 5.74) is 0. The maximum Gasteiger partial charge on any atom is 2.00 e. The molecule has 0 radical (unpaired) electrons. The first-order valence-corrected chi connectivity index (χ1v) is 3.43. The van der Waals surface area contributed by atoms with Crippen LogP contribution in [0.4, 0.5) is 0 Å². The fourth-order valence-corrected chi connectivity index (χ4v) is 0.680. The first-order valence-electron chi connectivity index (χ1n) is 3.43. The van der Waals surface area contributed by atoms with E-state index in [9.17, 15) is 0 Å². The Morgan fingerprint density at radius 2 is 1.27 bits per heavy atom. The van der Waals surface area contributed by atoms with Crippen LogP contribution in [0.5, 0.6) is 0 Å². The molecule has 11 heavy (non-hydrogen) atoms. The molecule has 0 heterocycles. The van der Waals surface area contributed by atoms with Gasteiger partial charge in [-0.1, -0.05) is 0 Å². The third-order valence-corrected chi connectivity index (χ3v) is 1.17. The zero-order valence-electron chi connectivity index (χ0n) is 6.29. The molecule has 0 N–H and O–H groups in total. The van der Waals surface area contributed by atoms with Gasteiger partial charge < -0.3 is 0 Å². The Labute approximate surface area is 82.6 Å². The first kappa shape index (κ1) is 10.6. The normalized spacial score (nSPS) is 16.0. The second-order valence-corrected chi connectivity index (χ2v) is 2.01. The molecule has 0 saturated heterocycles. The Morgan fingerprint density at radius 1 is 0.818 bits per heavy atom. The van der Waals surface area contributed by atoms with Crippen LogP contribution in [-0.4, -0.2) is 0 Å². The monoisotopic (exact) mass is 228 g/mol. The van der Waals surface area contributed by atoms with Crippen molar-refractivity contribution in [3.05, 3.63) is 48.6 Å². The fourth-order valence-electron chi connectivity index (χ4n) is 0.680. The summed E-state index contributed by atoms with van der Waals surface area (Å²) in [6, 6.07) is 0. The summed E-state index contributed by atoms with van der Waals surface area (Å²) in [7, 11) is 0. The number of hydrogen-bond acceptors (Lipinski definition) is 0. The molecule has 0 fully saturated rings. The fraction of sp³-hybridized carbons (Fsp3) is 0.200. The van der Waals surface area contributed by atoms with Crippen LogP contribution in [0.15, 0.2) is 36.5 Å². The van der Waals surface area contributed by atoms with Crippen molar-refractivity contribution in [2.45, 2.75) is 12.8 Å². The molecule has 2 aliphatic carbocycles. The zero-order valence-corrected chi connectivity index (χ0v) is 8.29. The van der Waals surface area contributed by atoms with E-state index in [-0.39, 0.29) is 21.1 Å². The molecular weight excluding hydrogens is 216 g/mol. The molecule has 0 aliphatic heterocycles. The molecule has 0 saturated carbocycles. The van der Waals surface area contributed by atoms with Crippen LogP contribution >= 0.6 is 0 Å². The van der Waals surface area contributed by atoms with Crippen LogP contribution in [0.1, 0.15) is 12.8 Å². The van der Waals surface area contributed by atoms with Crippen molar-refractivity contribution in [1.29, 1.82) is 0 Å². The van der Waals surface area contributed by atoms with Gasteiger partial charge in [-0.25, -0.2) is 24.3 Å². The number of hydrogen-bond donors (Lipinski definition) is 0. The van der Waals surface area contributed by atoms with Crippen molar-refractivity contribution in [1.82, 2.24) is 0 Å². The third-order valence-electron chi connectivity index (χ3n) is 1.17. The third kappa shape index (κ3) is 6.06. The van der Waals surface area contributed by atoms with E-state index in [4.69, 9.17) is 0 Å². The second kappa shape index (κ2) is 7.75. The van der Waals surface area contributed by atoms with E-state index >= 15 is 0 Å². The molecule has 0 atom stereocenters. The average Bonchev–Trinajstić information content (AvgIpc) is 2.67. The zero-order chi connectivity index (χ0) is 7.07. The minimum Gasteiger partial charge on any atom is -0.273 e. The molecule has 0 unspecified atom stereocenters. The minimum absolute atomic E-state index is 0. The summed E-state index contributed by atoms with van der Waals surface area (Å²) in [5.74, 6) is 0. The smallest absolute Gasteiger partial charge is 0.273 e. The van der Waals surface area contributed by atoms with Crippen LogP contribution in [0.3, 0.4) is 0 Å². The molecule has 56 valence electrons. The Balaban J connectivity index is 0.000000167. The van der Waals surface area contributed by atoms with E-state index < -0.39 is 0 Å². The van der Waals surface area contributed by atoms with Crippen molar-refractivity contribution in [3.8, 4) is 0 Å². The maximum atomic E-state index is 2.99. The quantitative estimate of drug-likeness (QED) is 0.440. The van der Waals surface area contributed by atoms with Crippen LogP contribution in [0, 0.1) is 12.2 Å². The molecule has 2 aliphatic rings. The van der Waals surface area contributed by atoms with E-state index in [1.807, 2.05) is 24.3 Å². The maximum absolute atomic E-state index is 2.99. The SMILES string of the molecule is [C-]1=CC=CC1.[C-]1=CC=CC1.[Mo+2]. The van der Waals surface area contributed by atoms with Gasteiger partial charge in [-0.15, -0.1) is 12.8 Å². The summed E-state index contributed by atoms with van der Waals surface area (Å²) in [5, 5.41) is 0. The second-order valence-electron chi connectivity index (χ2n) is 2.01. The van der Waals surface area contributed by atoms with E-state index in [1.165, 1.54) is 0 Å². The van der Waals surface area contributed by atoms with Gasteiger partial charge in [0.25, 0.3) is 0 Å². The molecule has 2 rings (SSSR count). The average molecular weight is 226 g/mol. The van der Waals surface area contributed by atoms with Crippen molar-refractivity contribution in [2.75, 3.05) is 0 Å². The van der Waals surface area contributed by atoms with E-state index in [0.717, 1.165) is 12.8 Å². The Bertz CT molecular complexity index is 143. The summed E-state index contributed by atoms with van der Waals surface area (Å²) in [6.07, 6.45) is 20.0. The first-order chi connectivity index (χ1) is 5.00. The molecule has 0 bridgehead atoms. The van der Waals surface area contributed by atoms with Gasteiger partial charge in [-0.05, 0) is 0 Å². The molecule has 0 amide bonds. The van der Waals surface area contributed by atoms with Gasteiger partial charge in [0.15, 0.2) is 0 Å². The minimum atomic E-state index is 0. The number of allylic oxidation sites excluding steroid dienone is 8. The van der Waals surface area contributed by atoms with Crippen molar-refractivity contribution in [2.24, 2.45) is 0 Å². The van der Waals surface area contributed by atoms with Crippen LogP contribution in [0.25, 0.3) is 0 Å². The summed E-state index contributed by atoms with van der Waals surface area (Å²) < 4.78 is 0.